The lowest BCUT2D eigenvalue weighted by atomic mass is 9.80. The predicted molar refractivity (Wildman–Crippen MR) is 98.8 cm³/mol. The smallest absolute Gasteiger partial charge is 0.231 e. The number of hydrogen-bond acceptors (Lipinski definition) is 4. The van der Waals surface area contributed by atoms with E-state index in [4.69, 9.17) is 21.1 Å². The number of likely N-dealkylation sites (N-methyl/N-ethyl adjacent to an activating group) is 1. The molecule has 1 aromatic heterocycles. The number of aromatic nitrogens is 2. The maximum absolute atomic E-state index is 6.05. The molecule has 0 aliphatic carbocycles. The number of benzene rings is 2. The topological polar surface area (TPSA) is 42.2 Å². The standard InChI is InChI=1S/C20H20ClN3O/c1-24-12-11-17(14-7-9-16(21)10-8-14)18(13-24)20-22-19(23-25-20)15-5-3-2-4-6-15/h2-10,17-18H,11-13H2,1H3/t17-,18+/m1/s1. The molecule has 0 bridgehead atoms. The third-order valence-electron chi connectivity index (χ3n) is 4.90. The minimum Gasteiger partial charge on any atom is -0.339 e. The van der Waals surface area contributed by atoms with Crippen LogP contribution in [0.2, 0.25) is 5.02 Å². The lowest BCUT2D eigenvalue weighted by Crippen LogP contribution is -2.35. The summed E-state index contributed by atoms with van der Waals surface area (Å²) in [5.41, 5.74) is 2.26. The Balaban J connectivity index is 1.66. The summed E-state index contributed by atoms with van der Waals surface area (Å²) >= 11 is 6.05. The first kappa shape index (κ1) is 16.3. The van der Waals surface area contributed by atoms with Crippen molar-refractivity contribution in [1.82, 2.24) is 15.0 Å². The molecule has 5 heteroatoms. The van der Waals surface area contributed by atoms with Crippen LogP contribution in [-0.4, -0.2) is 35.2 Å². The fraction of sp³-hybridized carbons (Fsp3) is 0.300. The van der Waals surface area contributed by atoms with Crippen molar-refractivity contribution in [1.29, 1.82) is 0 Å². The van der Waals surface area contributed by atoms with Crippen molar-refractivity contribution in [2.45, 2.75) is 18.3 Å². The molecule has 0 spiro atoms. The van der Waals surface area contributed by atoms with Gasteiger partial charge >= 0.3 is 0 Å². The van der Waals surface area contributed by atoms with Gasteiger partial charge < -0.3 is 9.42 Å². The number of nitrogens with zero attached hydrogens (tertiary/aromatic N) is 3. The highest BCUT2D eigenvalue weighted by atomic mass is 35.5. The van der Waals surface area contributed by atoms with Gasteiger partial charge in [-0.3, -0.25) is 0 Å². The lowest BCUT2D eigenvalue weighted by molar-refractivity contribution is 0.198. The van der Waals surface area contributed by atoms with Gasteiger partial charge in [-0.25, -0.2) is 0 Å². The first-order valence-corrected chi connectivity index (χ1v) is 8.91. The summed E-state index contributed by atoms with van der Waals surface area (Å²) in [7, 11) is 2.14. The van der Waals surface area contributed by atoms with Crippen molar-refractivity contribution in [3.8, 4) is 11.4 Å². The highest BCUT2D eigenvalue weighted by Gasteiger charge is 2.34. The third kappa shape index (κ3) is 3.46. The van der Waals surface area contributed by atoms with Crippen LogP contribution in [0.1, 0.15) is 29.7 Å². The Morgan fingerprint density at radius 3 is 2.56 bits per heavy atom. The highest BCUT2D eigenvalue weighted by Crippen LogP contribution is 2.39. The molecule has 1 saturated heterocycles. The molecule has 3 aromatic rings. The van der Waals surface area contributed by atoms with Crippen molar-refractivity contribution >= 4 is 11.6 Å². The van der Waals surface area contributed by atoms with E-state index in [0.717, 1.165) is 30.1 Å². The molecule has 2 aromatic carbocycles. The van der Waals surface area contributed by atoms with Crippen molar-refractivity contribution in [3.63, 3.8) is 0 Å². The molecule has 0 radical (unpaired) electrons. The van der Waals surface area contributed by atoms with Gasteiger partial charge in [0.05, 0.1) is 5.92 Å². The van der Waals surface area contributed by atoms with Gasteiger partial charge in [0.1, 0.15) is 0 Å². The first-order chi connectivity index (χ1) is 12.2. The van der Waals surface area contributed by atoms with Gasteiger partial charge in [0, 0.05) is 17.1 Å². The van der Waals surface area contributed by atoms with E-state index in [1.807, 2.05) is 42.5 Å². The summed E-state index contributed by atoms with van der Waals surface area (Å²) < 4.78 is 5.67. The Labute approximate surface area is 152 Å². The van der Waals surface area contributed by atoms with E-state index in [9.17, 15) is 0 Å². The third-order valence-corrected chi connectivity index (χ3v) is 5.16. The molecule has 0 saturated carbocycles. The van der Waals surface area contributed by atoms with Gasteiger partial charge in [0.15, 0.2) is 0 Å². The van der Waals surface area contributed by atoms with E-state index >= 15 is 0 Å². The fourth-order valence-electron chi connectivity index (χ4n) is 3.56. The van der Waals surface area contributed by atoms with Crippen LogP contribution >= 0.6 is 11.6 Å². The Morgan fingerprint density at radius 2 is 1.80 bits per heavy atom. The summed E-state index contributed by atoms with van der Waals surface area (Å²) in [6, 6.07) is 18.1. The largest absolute Gasteiger partial charge is 0.339 e. The van der Waals surface area contributed by atoms with Crippen LogP contribution in [0.25, 0.3) is 11.4 Å². The van der Waals surface area contributed by atoms with Crippen molar-refractivity contribution in [2.75, 3.05) is 20.1 Å². The fourth-order valence-corrected chi connectivity index (χ4v) is 3.69. The van der Waals surface area contributed by atoms with E-state index in [0.29, 0.717) is 17.6 Å². The SMILES string of the molecule is CN1CC[C@H](c2ccc(Cl)cc2)[C@@H](c2nc(-c3ccccc3)no2)C1. The summed E-state index contributed by atoms with van der Waals surface area (Å²) in [5.74, 6) is 1.91. The quantitative estimate of drug-likeness (QED) is 0.690. The zero-order chi connectivity index (χ0) is 17.2. The van der Waals surface area contributed by atoms with E-state index in [2.05, 4.69) is 29.2 Å². The van der Waals surface area contributed by atoms with E-state index in [1.165, 1.54) is 5.56 Å². The zero-order valence-corrected chi connectivity index (χ0v) is 14.9. The molecule has 1 aliphatic rings. The van der Waals surface area contributed by atoms with Crippen LogP contribution < -0.4 is 0 Å². The van der Waals surface area contributed by atoms with E-state index < -0.39 is 0 Å². The Kier molecular flexibility index (Phi) is 4.55. The van der Waals surface area contributed by atoms with Crippen LogP contribution in [-0.2, 0) is 0 Å². The molecule has 2 heterocycles. The molecular weight excluding hydrogens is 334 g/mol. The monoisotopic (exact) mass is 353 g/mol. The number of hydrogen-bond donors (Lipinski definition) is 0. The number of rotatable bonds is 3. The average Bonchev–Trinajstić information content (AvgIpc) is 3.13. The second kappa shape index (κ2) is 6.98. The number of likely N-dealkylation sites (tertiary alicyclic amines) is 1. The van der Waals surface area contributed by atoms with Gasteiger partial charge in [0.2, 0.25) is 11.7 Å². The van der Waals surface area contributed by atoms with Gasteiger partial charge in [-0.1, -0.05) is 59.2 Å². The maximum atomic E-state index is 6.05. The molecule has 0 amide bonds. The van der Waals surface area contributed by atoms with Gasteiger partial charge in [-0.05, 0) is 43.6 Å². The molecule has 128 valence electrons. The van der Waals surface area contributed by atoms with Crippen molar-refractivity contribution < 1.29 is 4.52 Å². The second-order valence-corrected chi connectivity index (χ2v) is 7.07. The predicted octanol–water partition coefficient (Wildman–Crippen LogP) is 4.59. The Morgan fingerprint density at radius 1 is 1.04 bits per heavy atom. The van der Waals surface area contributed by atoms with E-state index in [1.54, 1.807) is 0 Å². The molecule has 1 aliphatic heterocycles. The normalized spacial score (nSPS) is 21.4. The highest BCUT2D eigenvalue weighted by molar-refractivity contribution is 6.30. The Hall–Kier alpha value is -2.17. The molecular formula is C20H20ClN3O. The number of halogens is 1. The van der Waals surface area contributed by atoms with Gasteiger partial charge in [-0.15, -0.1) is 0 Å². The van der Waals surface area contributed by atoms with Crippen LogP contribution in [0, 0.1) is 0 Å². The minimum absolute atomic E-state index is 0.185. The molecule has 4 rings (SSSR count). The zero-order valence-electron chi connectivity index (χ0n) is 14.1. The summed E-state index contributed by atoms with van der Waals surface area (Å²) in [5, 5.41) is 4.96. The molecule has 0 unspecified atom stereocenters. The van der Waals surface area contributed by atoms with Crippen LogP contribution in [0.3, 0.4) is 0 Å². The lowest BCUT2D eigenvalue weighted by Gasteiger charge is -2.35. The van der Waals surface area contributed by atoms with Gasteiger partial charge in [-0.2, -0.15) is 4.98 Å². The first-order valence-electron chi connectivity index (χ1n) is 8.54. The van der Waals surface area contributed by atoms with Crippen LogP contribution in [0.4, 0.5) is 0 Å². The van der Waals surface area contributed by atoms with Crippen LogP contribution in [0.15, 0.2) is 59.1 Å². The molecule has 4 nitrogen and oxygen atoms in total. The van der Waals surface area contributed by atoms with Crippen molar-refractivity contribution in [3.05, 3.63) is 71.1 Å². The molecule has 0 N–H and O–H groups in total. The van der Waals surface area contributed by atoms with Crippen LogP contribution in [0.5, 0.6) is 0 Å². The maximum Gasteiger partial charge on any atom is 0.231 e. The van der Waals surface area contributed by atoms with Gasteiger partial charge in [0.25, 0.3) is 0 Å². The van der Waals surface area contributed by atoms with Crippen molar-refractivity contribution in [2.24, 2.45) is 0 Å². The second-order valence-electron chi connectivity index (χ2n) is 6.64. The molecule has 2 atom stereocenters. The minimum atomic E-state index is 0.185. The average molecular weight is 354 g/mol. The van der Waals surface area contributed by atoms with E-state index in [-0.39, 0.29) is 5.92 Å². The Bertz CT molecular complexity index is 832. The number of piperidine rings is 1. The summed E-state index contributed by atoms with van der Waals surface area (Å²) in [6.07, 6.45) is 1.06. The summed E-state index contributed by atoms with van der Waals surface area (Å²) in [4.78, 5) is 7.02. The molecule has 25 heavy (non-hydrogen) atoms. The molecule has 1 fully saturated rings. The summed E-state index contributed by atoms with van der Waals surface area (Å²) in [6.45, 7) is 1.97.